The van der Waals surface area contributed by atoms with E-state index >= 15 is 0 Å². The summed E-state index contributed by atoms with van der Waals surface area (Å²) in [6.07, 6.45) is 0.0119. The number of nitrogens with one attached hydrogen (secondary N) is 1. The maximum absolute atomic E-state index is 10.6. The smallest absolute Gasteiger partial charge is 0.317 e. The van der Waals surface area contributed by atoms with Gasteiger partial charge in [0.2, 0.25) is 5.82 Å². The van der Waals surface area contributed by atoms with Crippen LogP contribution in [0.25, 0.3) is 22.8 Å². The Labute approximate surface area is 177 Å². The molecular weight excluding hydrogens is 417 g/mol. The molecular formula is C20H19Cl2N3O4. The molecule has 0 atom stereocenters. The number of nitrogens with zero attached hydrogens (tertiary/aromatic N) is 2. The van der Waals surface area contributed by atoms with Gasteiger partial charge in [0.05, 0.1) is 22.7 Å². The molecule has 152 valence electrons. The Bertz CT molecular complexity index is 1020. The summed E-state index contributed by atoms with van der Waals surface area (Å²) in [7, 11) is 0. The molecule has 0 radical (unpaired) electrons. The van der Waals surface area contributed by atoms with Crippen LogP contribution in [-0.2, 0) is 11.3 Å². The molecule has 1 heterocycles. The summed E-state index contributed by atoms with van der Waals surface area (Å²) in [5.41, 5.74) is 2.11. The van der Waals surface area contributed by atoms with Crippen molar-refractivity contribution in [1.29, 1.82) is 0 Å². The molecule has 2 aromatic carbocycles. The van der Waals surface area contributed by atoms with Crippen molar-refractivity contribution in [1.82, 2.24) is 15.5 Å². The molecule has 0 aliphatic carbocycles. The van der Waals surface area contributed by atoms with E-state index in [1.165, 1.54) is 0 Å². The van der Waals surface area contributed by atoms with Gasteiger partial charge in [0.1, 0.15) is 5.75 Å². The van der Waals surface area contributed by atoms with E-state index in [-0.39, 0.29) is 12.6 Å². The highest BCUT2D eigenvalue weighted by molar-refractivity contribution is 6.33. The first-order valence-electron chi connectivity index (χ1n) is 8.85. The average Bonchev–Trinajstić information content (AvgIpc) is 3.12. The fourth-order valence-electron chi connectivity index (χ4n) is 2.60. The highest BCUT2D eigenvalue weighted by atomic mass is 35.5. The third-order valence-electron chi connectivity index (χ3n) is 3.85. The summed E-state index contributed by atoms with van der Waals surface area (Å²) in [6.45, 7) is 4.10. The minimum Gasteiger partial charge on any atom is -0.489 e. The zero-order valence-corrected chi connectivity index (χ0v) is 17.3. The Morgan fingerprint density at radius 3 is 2.66 bits per heavy atom. The fraction of sp³-hybridized carbons (Fsp3) is 0.250. The third kappa shape index (κ3) is 5.47. The van der Waals surface area contributed by atoms with Crippen LogP contribution in [0.1, 0.15) is 19.4 Å². The molecule has 0 spiro atoms. The minimum absolute atomic E-state index is 0.0119. The molecule has 0 unspecified atom stereocenters. The molecule has 0 aliphatic rings. The number of aliphatic carboxylic acids is 1. The Morgan fingerprint density at radius 2 is 2.00 bits per heavy atom. The number of benzene rings is 2. The van der Waals surface area contributed by atoms with Crippen molar-refractivity contribution in [2.45, 2.75) is 26.5 Å². The molecule has 7 nitrogen and oxygen atoms in total. The number of ether oxygens (including phenoxy) is 1. The van der Waals surface area contributed by atoms with Crippen LogP contribution in [0.3, 0.4) is 0 Å². The van der Waals surface area contributed by atoms with Crippen molar-refractivity contribution in [3.05, 3.63) is 52.0 Å². The number of halogens is 2. The van der Waals surface area contributed by atoms with Crippen LogP contribution in [0, 0.1) is 0 Å². The summed E-state index contributed by atoms with van der Waals surface area (Å²) >= 11 is 12.6. The molecule has 0 fully saturated rings. The molecule has 0 aliphatic heterocycles. The zero-order chi connectivity index (χ0) is 21.0. The van der Waals surface area contributed by atoms with Crippen LogP contribution in [0.4, 0.5) is 0 Å². The molecule has 0 saturated heterocycles. The molecule has 3 aromatic rings. The predicted octanol–water partition coefficient (Wildman–Crippen LogP) is 4.67. The first kappa shape index (κ1) is 21.1. The number of hydrogen-bond acceptors (Lipinski definition) is 6. The standard InChI is InChI=1S/C20H19Cl2N3O4/c1-11(2)28-17-6-4-13(8-16(17)22)20-24-19(25-29-20)14-5-3-12(7-15(14)21)9-23-10-18(26)27/h3-8,11,23H,9-10H2,1-2H3,(H,26,27). The summed E-state index contributed by atoms with van der Waals surface area (Å²) < 4.78 is 11.0. The number of rotatable bonds is 8. The molecule has 0 amide bonds. The fourth-order valence-corrected chi connectivity index (χ4v) is 3.11. The van der Waals surface area contributed by atoms with Gasteiger partial charge in [0.15, 0.2) is 0 Å². The quantitative estimate of drug-likeness (QED) is 0.530. The van der Waals surface area contributed by atoms with E-state index in [2.05, 4.69) is 15.5 Å². The topological polar surface area (TPSA) is 97.5 Å². The van der Waals surface area contributed by atoms with Crippen molar-refractivity contribution in [3.63, 3.8) is 0 Å². The van der Waals surface area contributed by atoms with Gasteiger partial charge >= 0.3 is 5.97 Å². The lowest BCUT2D eigenvalue weighted by molar-refractivity contribution is -0.135. The second-order valence-corrected chi connectivity index (χ2v) is 7.36. The molecule has 0 saturated carbocycles. The molecule has 0 bridgehead atoms. The van der Waals surface area contributed by atoms with Crippen LogP contribution in [0.15, 0.2) is 40.9 Å². The number of aromatic nitrogens is 2. The van der Waals surface area contributed by atoms with E-state index in [1.54, 1.807) is 30.3 Å². The zero-order valence-electron chi connectivity index (χ0n) is 15.8. The van der Waals surface area contributed by atoms with Crippen LogP contribution in [-0.4, -0.2) is 33.9 Å². The number of carboxylic acids is 1. The summed E-state index contributed by atoms with van der Waals surface area (Å²) in [6, 6.07) is 10.6. The Balaban J connectivity index is 1.77. The highest BCUT2D eigenvalue weighted by Gasteiger charge is 2.15. The third-order valence-corrected chi connectivity index (χ3v) is 4.46. The monoisotopic (exact) mass is 435 g/mol. The molecule has 1 aromatic heterocycles. The van der Waals surface area contributed by atoms with Gasteiger partial charge in [0, 0.05) is 17.7 Å². The Hall–Kier alpha value is -2.61. The van der Waals surface area contributed by atoms with Crippen molar-refractivity contribution >= 4 is 29.2 Å². The lowest BCUT2D eigenvalue weighted by atomic mass is 10.1. The largest absolute Gasteiger partial charge is 0.489 e. The summed E-state index contributed by atoms with van der Waals surface area (Å²) in [5, 5.41) is 16.4. The first-order chi connectivity index (χ1) is 13.8. The van der Waals surface area contributed by atoms with E-state index < -0.39 is 5.97 Å². The van der Waals surface area contributed by atoms with E-state index in [1.807, 2.05) is 19.9 Å². The summed E-state index contributed by atoms with van der Waals surface area (Å²) in [5.74, 6) is 0.311. The second-order valence-electron chi connectivity index (χ2n) is 6.55. The van der Waals surface area contributed by atoms with E-state index in [0.29, 0.717) is 45.2 Å². The van der Waals surface area contributed by atoms with E-state index in [0.717, 1.165) is 5.56 Å². The normalized spacial score (nSPS) is 11.1. The highest BCUT2D eigenvalue weighted by Crippen LogP contribution is 2.32. The molecule has 3 rings (SSSR count). The van der Waals surface area contributed by atoms with Gasteiger partial charge in [0.25, 0.3) is 5.89 Å². The minimum atomic E-state index is -0.920. The maximum Gasteiger partial charge on any atom is 0.317 e. The Morgan fingerprint density at radius 1 is 1.21 bits per heavy atom. The van der Waals surface area contributed by atoms with Gasteiger partial charge in [-0.2, -0.15) is 4.98 Å². The van der Waals surface area contributed by atoms with Crippen molar-refractivity contribution in [3.8, 4) is 28.6 Å². The van der Waals surface area contributed by atoms with Gasteiger partial charge in [-0.1, -0.05) is 34.4 Å². The maximum atomic E-state index is 10.6. The van der Waals surface area contributed by atoms with Gasteiger partial charge in [-0.05, 0) is 49.7 Å². The number of carbonyl (C=O) groups is 1. The summed E-state index contributed by atoms with van der Waals surface area (Å²) in [4.78, 5) is 15.0. The van der Waals surface area contributed by atoms with Gasteiger partial charge in [-0.15, -0.1) is 0 Å². The SMILES string of the molecule is CC(C)Oc1ccc(-c2nc(-c3ccc(CNCC(=O)O)cc3Cl)no2)cc1Cl. The van der Waals surface area contributed by atoms with Crippen LogP contribution in [0.2, 0.25) is 10.0 Å². The van der Waals surface area contributed by atoms with Gasteiger partial charge < -0.3 is 19.7 Å². The first-order valence-corrected chi connectivity index (χ1v) is 9.60. The van der Waals surface area contributed by atoms with Crippen molar-refractivity contribution < 1.29 is 19.2 Å². The molecule has 29 heavy (non-hydrogen) atoms. The van der Waals surface area contributed by atoms with Crippen LogP contribution < -0.4 is 10.1 Å². The van der Waals surface area contributed by atoms with Crippen molar-refractivity contribution in [2.24, 2.45) is 0 Å². The van der Waals surface area contributed by atoms with E-state index in [4.69, 9.17) is 37.6 Å². The van der Waals surface area contributed by atoms with Crippen LogP contribution in [0.5, 0.6) is 5.75 Å². The molecule has 2 N–H and O–H groups in total. The lowest BCUT2D eigenvalue weighted by Crippen LogP contribution is -2.21. The average molecular weight is 436 g/mol. The van der Waals surface area contributed by atoms with E-state index in [9.17, 15) is 4.79 Å². The van der Waals surface area contributed by atoms with Gasteiger partial charge in [-0.25, -0.2) is 0 Å². The number of hydrogen-bond donors (Lipinski definition) is 2. The van der Waals surface area contributed by atoms with Crippen molar-refractivity contribution in [2.75, 3.05) is 6.54 Å². The second kappa shape index (κ2) is 9.26. The molecule has 9 heteroatoms. The predicted molar refractivity (Wildman–Crippen MR) is 110 cm³/mol. The van der Waals surface area contributed by atoms with Gasteiger partial charge in [-0.3, -0.25) is 4.79 Å². The lowest BCUT2D eigenvalue weighted by Gasteiger charge is -2.11. The Kier molecular flexibility index (Phi) is 6.74. The van der Waals surface area contributed by atoms with Crippen LogP contribution >= 0.6 is 23.2 Å². The number of carboxylic acid groups (broad SMARTS) is 1.